The predicted octanol–water partition coefficient (Wildman–Crippen LogP) is 1.74. The molecule has 0 radical (unpaired) electrons. The number of nitrogens with two attached hydrogens (primary N) is 1. The van der Waals surface area contributed by atoms with Crippen LogP contribution >= 0.6 is 15.9 Å². The van der Waals surface area contributed by atoms with Crippen LogP contribution in [0.25, 0.3) is 0 Å². The minimum atomic E-state index is -3.91. The van der Waals surface area contributed by atoms with E-state index >= 15 is 0 Å². The number of amides is 1. The van der Waals surface area contributed by atoms with Crippen molar-refractivity contribution in [3.63, 3.8) is 0 Å². The molecule has 0 aliphatic heterocycles. The van der Waals surface area contributed by atoms with Gasteiger partial charge >= 0.3 is 0 Å². The second-order valence-corrected chi connectivity index (χ2v) is 6.20. The standard InChI is InChI=1S/C12H10BrN3O3S/c13-11-7-8(5-6-15-11)12(17)16-9-3-1-2-4-10(9)20(14,18)19/h1-7H,(H,16,17)(H2,14,18,19). The van der Waals surface area contributed by atoms with Gasteiger partial charge in [-0.1, -0.05) is 12.1 Å². The number of halogens is 1. The molecule has 1 heterocycles. The summed E-state index contributed by atoms with van der Waals surface area (Å²) < 4.78 is 23.4. The molecular weight excluding hydrogens is 346 g/mol. The minimum Gasteiger partial charge on any atom is -0.321 e. The summed E-state index contributed by atoms with van der Waals surface area (Å²) in [5.41, 5.74) is 0.476. The first-order valence-electron chi connectivity index (χ1n) is 5.42. The van der Waals surface area contributed by atoms with Gasteiger partial charge in [-0.15, -0.1) is 0 Å². The molecule has 0 fully saturated rings. The third-order valence-corrected chi connectivity index (χ3v) is 3.83. The van der Waals surface area contributed by atoms with Gasteiger partial charge in [-0.25, -0.2) is 18.5 Å². The average molecular weight is 356 g/mol. The van der Waals surface area contributed by atoms with Gasteiger partial charge in [0.1, 0.15) is 9.50 Å². The molecule has 1 aromatic carbocycles. The van der Waals surface area contributed by atoms with Crippen LogP contribution in [-0.2, 0) is 10.0 Å². The lowest BCUT2D eigenvalue weighted by Gasteiger charge is -2.09. The quantitative estimate of drug-likeness (QED) is 0.818. The van der Waals surface area contributed by atoms with E-state index in [0.29, 0.717) is 10.2 Å². The van der Waals surface area contributed by atoms with Crippen LogP contribution in [0, 0.1) is 0 Å². The highest BCUT2D eigenvalue weighted by Crippen LogP contribution is 2.20. The van der Waals surface area contributed by atoms with Crippen LogP contribution < -0.4 is 10.5 Å². The molecule has 0 saturated heterocycles. The molecule has 2 rings (SSSR count). The van der Waals surface area contributed by atoms with Crippen LogP contribution in [0.4, 0.5) is 5.69 Å². The van der Waals surface area contributed by atoms with Crippen molar-refractivity contribution < 1.29 is 13.2 Å². The second kappa shape index (κ2) is 5.70. The van der Waals surface area contributed by atoms with Crippen molar-refractivity contribution in [1.82, 2.24) is 4.98 Å². The zero-order chi connectivity index (χ0) is 14.8. The SMILES string of the molecule is NS(=O)(=O)c1ccccc1NC(=O)c1ccnc(Br)c1. The number of primary sulfonamides is 1. The maximum atomic E-state index is 12.1. The number of aromatic nitrogens is 1. The summed E-state index contributed by atoms with van der Waals surface area (Å²) in [7, 11) is -3.91. The summed E-state index contributed by atoms with van der Waals surface area (Å²) in [6.45, 7) is 0. The highest BCUT2D eigenvalue weighted by molar-refractivity contribution is 9.10. The van der Waals surface area contributed by atoms with Gasteiger partial charge in [0.2, 0.25) is 10.0 Å². The Morgan fingerprint density at radius 2 is 1.95 bits per heavy atom. The lowest BCUT2D eigenvalue weighted by molar-refractivity contribution is 0.102. The third-order valence-electron chi connectivity index (χ3n) is 2.43. The van der Waals surface area contributed by atoms with Crippen molar-refractivity contribution >= 4 is 37.5 Å². The van der Waals surface area contributed by atoms with E-state index in [1.807, 2.05) is 0 Å². The van der Waals surface area contributed by atoms with Crippen molar-refractivity contribution in [3.8, 4) is 0 Å². The molecule has 6 nitrogen and oxygen atoms in total. The molecule has 1 aromatic heterocycles. The first-order valence-corrected chi connectivity index (χ1v) is 7.76. The number of anilines is 1. The molecule has 1 amide bonds. The summed E-state index contributed by atoms with van der Waals surface area (Å²) >= 11 is 3.16. The number of nitrogens with zero attached hydrogens (tertiary/aromatic N) is 1. The van der Waals surface area contributed by atoms with Gasteiger partial charge in [-0.05, 0) is 40.2 Å². The van der Waals surface area contributed by atoms with Crippen LogP contribution in [0.2, 0.25) is 0 Å². The van der Waals surface area contributed by atoms with Gasteiger partial charge in [0, 0.05) is 11.8 Å². The van der Waals surface area contributed by atoms with Crippen LogP contribution in [0.3, 0.4) is 0 Å². The summed E-state index contributed by atoms with van der Waals surface area (Å²) in [6, 6.07) is 8.96. The van der Waals surface area contributed by atoms with E-state index in [9.17, 15) is 13.2 Å². The molecule has 0 spiro atoms. The number of carbonyl (C=O) groups excluding carboxylic acids is 1. The van der Waals surface area contributed by atoms with Crippen LogP contribution in [0.1, 0.15) is 10.4 Å². The van der Waals surface area contributed by atoms with E-state index in [1.54, 1.807) is 6.07 Å². The molecule has 3 N–H and O–H groups in total. The van der Waals surface area contributed by atoms with Gasteiger partial charge in [0.25, 0.3) is 5.91 Å². The first kappa shape index (κ1) is 14.6. The fourth-order valence-corrected chi connectivity index (χ4v) is 2.61. The zero-order valence-electron chi connectivity index (χ0n) is 10.1. The van der Waals surface area contributed by atoms with Crippen molar-refractivity contribution in [2.45, 2.75) is 4.90 Å². The predicted molar refractivity (Wildman–Crippen MR) is 77.7 cm³/mol. The molecule has 0 aliphatic rings. The van der Waals surface area contributed by atoms with Gasteiger partial charge in [0.05, 0.1) is 5.69 Å². The van der Waals surface area contributed by atoms with Crippen LogP contribution in [0.15, 0.2) is 52.1 Å². The Bertz CT molecular complexity index is 762. The molecule has 0 bridgehead atoms. The van der Waals surface area contributed by atoms with Gasteiger partial charge in [0.15, 0.2) is 0 Å². The van der Waals surface area contributed by atoms with Crippen LogP contribution in [0.5, 0.6) is 0 Å². The number of sulfonamides is 1. The molecule has 0 saturated carbocycles. The normalized spacial score (nSPS) is 11.1. The minimum absolute atomic E-state index is 0.132. The number of hydrogen-bond acceptors (Lipinski definition) is 4. The monoisotopic (exact) mass is 355 g/mol. The van der Waals surface area contributed by atoms with Crippen molar-refractivity contribution in [3.05, 3.63) is 52.8 Å². The number of carbonyl (C=O) groups is 1. The number of benzene rings is 1. The lowest BCUT2D eigenvalue weighted by atomic mass is 10.2. The Morgan fingerprint density at radius 1 is 1.25 bits per heavy atom. The number of rotatable bonds is 3. The van der Waals surface area contributed by atoms with Gasteiger partial charge in [-0.2, -0.15) is 0 Å². The van der Waals surface area contributed by atoms with Crippen molar-refractivity contribution in [1.29, 1.82) is 0 Å². The number of nitrogens with one attached hydrogen (secondary N) is 1. The lowest BCUT2D eigenvalue weighted by Crippen LogP contribution is -2.18. The van der Waals surface area contributed by atoms with Gasteiger partial charge < -0.3 is 5.32 Å². The number of hydrogen-bond donors (Lipinski definition) is 2. The Balaban J connectivity index is 2.34. The van der Waals surface area contributed by atoms with E-state index in [2.05, 4.69) is 26.2 Å². The molecule has 0 unspecified atom stereocenters. The Hall–Kier alpha value is -1.77. The second-order valence-electron chi connectivity index (χ2n) is 3.86. The highest BCUT2D eigenvalue weighted by Gasteiger charge is 2.15. The first-order chi connectivity index (χ1) is 9.38. The highest BCUT2D eigenvalue weighted by atomic mass is 79.9. The van der Waals surface area contributed by atoms with E-state index in [-0.39, 0.29) is 10.6 Å². The zero-order valence-corrected chi connectivity index (χ0v) is 12.5. The Labute approximate surface area is 124 Å². The fraction of sp³-hybridized carbons (Fsp3) is 0. The van der Waals surface area contributed by atoms with E-state index < -0.39 is 15.9 Å². The summed E-state index contributed by atoms with van der Waals surface area (Å²) in [5, 5.41) is 7.61. The smallest absolute Gasteiger partial charge is 0.255 e. The maximum absolute atomic E-state index is 12.1. The fourth-order valence-electron chi connectivity index (χ4n) is 1.56. The van der Waals surface area contributed by atoms with Crippen molar-refractivity contribution in [2.75, 3.05) is 5.32 Å². The third kappa shape index (κ3) is 3.41. The summed E-state index contributed by atoms with van der Waals surface area (Å²) in [4.78, 5) is 15.8. The topological polar surface area (TPSA) is 102 Å². The van der Waals surface area contributed by atoms with E-state index in [1.165, 1.54) is 36.5 Å². The number of pyridine rings is 1. The van der Waals surface area contributed by atoms with Crippen LogP contribution in [-0.4, -0.2) is 19.3 Å². The molecule has 104 valence electrons. The Kier molecular flexibility index (Phi) is 4.17. The van der Waals surface area contributed by atoms with Gasteiger partial charge in [-0.3, -0.25) is 4.79 Å². The number of para-hydroxylation sites is 1. The molecule has 8 heteroatoms. The molecular formula is C12H10BrN3O3S. The molecule has 0 aliphatic carbocycles. The largest absolute Gasteiger partial charge is 0.321 e. The van der Waals surface area contributed by atoms with E-state index in [0.717, 1.165) is 0 Å². The summed E-state index contributed by atoms with van der Waals surface area (Å²) in [5.74, 6) is -0.454. The summed E-state index contributed by atoms with van der Waals surface area (Å²) in [6.07, 6.45) is 1.46. The Morgan fingerprint density at radius 3 is 2.60 bits per heavy atom. The molecule has 2 aromatic rings. The molecule has 20 heavy (non-hydrogen) atoms. The van der Waals surface area contributed by atoms with Crippen molar-refractivity contribution in [2.24, 2.45) is 5.14 Å². The molecule has 0 atom stereocenters. The maximum Gasteiger partial charge on any atom is 0.255 e. The van der Waals surface area contributed by atoms with E-state index in [4.69, 9.17) is 5.14 Å². The average Bonchev–Trinajstić information content (AvgIpc) is 2.38.